The van der Waals surface area contributed by atoms with E-state index in [1.807, 2.05) is 0 Å². The van der Waals surface area contributed by atoms with Gasteiger partial charge in [-0.15, -0.1) is 0 Å². The summed E-state index contributed by atoms with van der Waals surface area (Å²) in [6, 6.07) is -0.710. The fourth-order valence-corrected chi connectivity index (χ4v) is 7.16. The number of hydrogen-bond acceptors (Lipinski definition) is 8. The predicted molar refractivity (Wildman–Crippen MR) is 208 cm³/mol. The van der Waals surface area contributed by atoms with E-state index in [-0.39, 0.29) is 12.5 Å². The Hall–Kier alpha value is -0.810. The molecule has 0 spiro atoms. The maximum absolute atomic E-state index is 12.9. The Labute approximate surface area is 313 Å². The molecule has 0 bridgehead atoms. The van der Waals surface area contributed by atoms with Crippen LogP contribution in [0.2, 0.25) is 0 Å². The van der Waals surface area contributed by atoms with Crippen molar-refractivity contribution in [1.82, 2.24) is 5.32 Å². The number of nitrogens with one attached hydrogen (secondary N) is 1. The molecular weight excluding hydrogens is 646 g/mol. The number of carbonyl (C=O) groups is 1. The summed E-state index contributed by atoms with van der Waals surface area (Å²) < 4.78 is 11.2. The summed E-state index contributed by atoms with van der Waals surface area (Å²) in [5.41, 5.74) is 0. The predicted octanol–water partition coefficient (Wildman–Crippen LogP) is 8.39. The van der Waals surface area contributed by atoms with Crippen LogP contribution in [0.15, 0.2) is 0 Å². The molecule has 304 valence electrons. The van der Waals surface area contributed by atoms with Crippen molar-refractivity contribution in [1.29, 1.82) is 0 Å². The van der Waals surface area contributed by atoms with Gasteiger partial charge in [-0.2, -0.15) is 0 Å². The van der Waals surface area contributed by atoms with E-state index in [2.05, 4.69) is 19.2 Å². The lowest BCUT2D eigenvalue weighted by Crippen LogP contribution is -2.60. The molecule has 9 heteroatoms. The third-order valence-electron chi connectivity index (χ3n) is 10.7. The lowest BCUT2D eigenvalue weighted by molar-refractivity contribution is -0.302. The molecule has 0 aromatic carbocycles. The average molecular weight is 730 g/mol. The molecule has 0 aromatic rings. The molecule has 1 saturated heterocycles. The van der Waals surface area contributed by atoms with Crippen LogP contribution < -0.4 is 5.32 Å². The van der Waals surface area contributed by atoms with Crippen LogP contribution in [-0.4, -0.2) is 87.5 Å². The van der Waals surface area contributed by atoms with Crippen molar-refractivity contribution in [2.75, 3.05) is 13.2 Å². The zero-order valence-electron chi connectivity index (χ0n) is 33.1. The molecule has 1 aliphatic rings. The smallest absolute Gasteiger partial charge is 0.220 e. The number of unbranched alkanes of at least 4 members (excludes halogenated alkanes) is 26. The number of aliphatic hydroxyl groups is 5. The molecule has 0 aromatic heterocycles. The van der Waals surface area contributed by atoms with Gasteiger partial charge in [-0.1, -0.05) is 187 Å². The first kappa shape index (κ1) is 48.2. The molecule has 1 amide bonds. The Bertz CT molecular complexity index is 771. The summed E-state index contributed by atoms with van der Waals surface area (Å²) in [7, 11) is 0. The van der Waals surface area contributed by atoms with E-state index in [1.54, 1.807) is 0 Å². The molecule has 9 nitrogen and oxygen atoms in total. The number of hydrogen-bond donors (Lipinski definition) is 6. The number of amides is 1. The Morgan fingerprint density at radius 1 is 0.588 bits per heavy atom. The molecule has 0 radical (unpaired) electrons. The van der Waals surface area contributed by atoms with Crippen molar-refractivity contribution in [2.45, 2.75) is 249 Å². The second-order valence-electron chi connectivity index (χ2n) is 15.5. The minimum Gasteiger partial charge on any atom is -0.394 e. The third-order valence-corrected chi connectivity index (χ3v) is 10.7. The topological polar surface area (TPSA) is 149 Å². The maximum atomic E-state index is 12.9. The number of rotatable bonds is 36. The van der Waals surface area contributed by atoms with Gasteiger partial charge in [0.15, 0.2) is 6.29 Å². The van der Waals surface area contributed by atoms with E-state index >= 15 is 0 Å². The highest BCUT2D eigenvalue weighted by Gasteiger charge is 2.44. The Morgan fingerprint density at radius 3 is 1.39 bits per heavy atom. The largest absolute Gasteiger partial charge is 0.394 e. The van der Waals surface area contributed by atoms with Gasteiger partial charge in [0.25, 0.3) is 0 Å². The third kappa shape index (κ3) is 25.0. The van der Waals surface area contributed by atoms with Crippen LogP contribution in [0.3, 0.4) is 0 Å². The second kappa shape index (κ2) is 33.7. The van der Waals surface area contributed by atoms with Gasteiger partial charge in [-0.05, 0) is 12.8 Å². The SMILES string of the molecule is CCCCCCCCCCCCCCCCCCC(=O)N[C@@H](CO[C@@H]1O[C@H](CO)[C@@H](O)C(O)C1O)[C@H](O)CCCCCCCCCCCCCC. The van der Waals surface area contributed by atoms with Crippen LogP contribution in [-0.2, 0) is 14.3 Å². The van der Waals surface area contributed by atoms with Crippen LogP contribution in [0.25, 0.3) is 0 Å². The second-order valence-corrected chi connectivity index (χ2v) is 15.5. The van der Waals surface area contributed by atoms with Gasteiger partial charge in [0.05, 0.1) is 25.4 Å². The Kier molecular flexibility index (Phi) is 31.9. The highest BCUT2D eigenvalue weighted by atomic mass is 16.7. The maximum Gasteiger partial charge on any atom is 0.220 e. The van der Waals surface area contributed by atoms with Crippen molar-refractivity contribution in [3.8, 4) is 0 Å². The van der Waals surface area contributed by atoms with Crippen molar-refractivity contribution in [3.63, 3.8) is 0 Å². The average Bonchev–Trinajstić information content (AvgIpc) is 3.13. The quantitative estimate of drug-likeness (QED) is 0.0353. The first-order chi connectivity index (χ1) is 24.8. The molecule has 1 aliphatic heterocycles. The normalized spacial score (nSPS) is 21.9. The molecule has 0 aliphatic carbocycles. The Balaban J connectivity index is 2.34. The van der Waals surface area contributed by atoms with Gasteiger partial charge < -0.3 is 40.3 Å². The zero-order valence-corrected chi connectivity index (χ0v) is 33.1. The van der Waals surface area contributed by atoms with Crippen molar-refractivity contribution < 1.29 is 39.8 Å². The van der Waals surface area contributed by atoms with E-state index in [4.69, 9.17) is 9.47 Å². The summed E-state index contributed by atoms with van der Waals surface area (Å²) in [4.78, 5) is 12.9. The van der Waals surface area contributed by atoms with Crippen molar-refractivity contribution >= 4 is 5.91 Å². The lowest BCUT2D eigenvalue weighted by Gasteiger charge is -2.40. The number of carbonyl (C=O) groups excluding carboxylic acids is 1. The first-order valence-corrected chi connectivity index (χ1v) is 21.7. The van der Waals surface area contributed by atoms with Crippen LogP contribution in [0.4, 0.5) is 0 Å². The van der Waals surface area contributed by atoms with Crippen LogP contribution in [0.1, 0.15) is 206 Å². The molecule has 1 rings (SSSR count). The minimum absolute atomic E-state index is 0.132. The first-order valence-electron chi connectivity index (χ1n) is 21.7. The van der Waals surface area contributed by atoms with E-state index < -0.39 is 49.5 Å². The van der Waals surface area contributed by atoms with Gasteiger partial charge in [-0.25, -0.2) is 0 Å². The lowest BCUT2D eigenvalue weighted by atomic mass is 9.99. The molecule has 6 N–H and O–H groups in total. The molecule has 2 unspecified atom stereocenters. The van der Waals surface area contributed by atoms with Gasteiger partial charge in [0.1, 0.15) is 24.4 Å². The van der Waals surface area contributed by atoms with Crippen LogP contribution in [0.5, 0.6) is 0 Å². The summed E-state index contributed by atoms with van der Waals surface area (Å²) in [5, 5.41) is 54.2. The van der Waals surface area contributed by atoms with E-state index in [9.17, 15) is 30.3 Å². The van der Waals surface area contributed by atoms with Gasteiger partial charge >= 0.3 is 0 Å². The van der Waals surface area contributed by atoms with E-state index in [0.717, 1.165) is 38.5 Å². The minimum atomic E-state index is -1.55. The molecule has 51 heavy (non-hydrogen) atoms. The highest BCUT2D eigenvalue weighted by Crippen LogP contribution is 2.23. The Morgan fingerprint density at radius 2 is 0.980 bits per heavy atom. The highest BCUT2D eigenvalue weighted by molar-refractivity contribution is 5.76. The summed E-state index contributed by atoms with van der Waals surface area (Å²) in [5.74, 6) is -0.142. The molecule has 7 atom stereocenters. The molecule has 0 saturated carbocycles. The van der Waals surface area contributed by atoms with Crippen molar-refractivity contribution in [3.05, 3.63) is 0 Å². The molecule has 1 fully saturated rings. The summed E-state index contributed by atoms with van der Waals surface area (Å²) in [6.45, 7) is 3.83. The molecular formula is C42H83NO8. The van der Waals surface area contributed by atoms with Crippen molar-refractivity contribution in [2.24, 2.45) is 0 Å². The number of aliphatic hydroxyl groups excluding tert-OH is 5. The summed E-state index contributed by atoms with van der Waals surface area (Å²) in [6.07, 6.45) is 28.2. The number of ether oxygens (including phenoxy) is 2. The molecule has 1 heterocycles. The fraction of sp³-hybridized carbons (Fsp3) is 0.976. The monoisotopic (exact) mass is 730 g/mol. The zero-order chi connectivity index (χ0) is 37.4. The standard InChI is InChI=1S/C42H83NO8/c1-3-5-7-9-11-13-15-17-18-19-20-22-24-26-28-30-32-38(46)43-35(34-50-42-41(49)40(48)39(47)37(33-44)51-42)36(45)31-29-27-25-23-21-16-14-12-10-8-6-4-2/h35-37,39-42,44-45,47-49H,3-34H2,1-2H3,(H,43,46)/t35-,36+,37+,39+,40?,41?,42+/m0/s1. The van der Waals surface area contributed by atoms with Gasteiger partial charge in [-0.3, -0.25) is 4.79 Å². The van der Waals surface area contributed by atoms with Crippen LogP contribution in [0, 0.1) is 0 Å². The van der Waals surface area contributed by atoms with E-state index in [1.165, 1.54) is 141 Å². The van der Waals surface area contributed by atoms with Crippen LogP contribution >= 0.6 is 0 Å². The fourth-order valence-electron chi connectivity index (χ4n) is 7.16. The van der Waals surface area contributed by atoms with Gasteiger partial charge in [0, 0.05) is 6.42 Å². The van der Waals surface area contributed by atoms with Gasteiger partial charge in [0.2, 0.25) is 5.91 Å². The van der Waals surface area contributed by atoms with E-state index in [0.29, 0.717) is 12.8 Å². The summed E-state index contributed by atoms with van der Waals surface area (Å²) >= 11 is 0.